The third-order valence-corrected chi connectivity index (χ3v) is 2.21. The van der Waals surface area contributed by atoms with Crippen LogP contribution in [0.4, 0.5) is 22.0 Å². The molecule has 5 heteroatoms. The van der Waals surface area contributed by atoms with E-state index in [1.54, 1.807) is 0 Å². The molecule has 88 valence electrons. The van der Waals surface area contributed by atoms with Crippen molar-refractivity contribution in [2.24, 2.45) is 0 Å². The van der Waals surface area contributed by atoms with Crippen LogP contribution in [-0.4, -0.2) is 0 Å². The van der Waals surface area contributed by atoms with Crippen LogP contribution >= 0.6 is 0 Å². The minimum absolute atomic E-state index is 0.195. The van der Waals surface area contributed by atoms with E-state index in [4.69, 9.17) is 0 Å². The van der Waals surface area contributed by atoms with E-state index in [1.807, 2.05) is 0 Å². The van der Waals surface area contributed by atoms with Crippen LogP contribution in [0.2, 0.25) is 0 Å². The highest BCUT2D eigenvalue weighted by Gasteiger charge is 2.15. The van der Waals surface area contributed by atoms with E-state index in [2.05, 4.69) is 0 Å². The van der Waals surface area contributed by atoms with E-state index in [-0.39, 0.29) is 5.56 Å². The van der Waals surface area contributed by atoms with Crippen molar-refractivity contribution < 1.29 is 22.0 Å². The van der Waals surface area contributed by atoms with Crippen molar-refractivity contribution >= 4 is 0 Å². The summed E-state index contributed by atoms with van der Waals surface area (Å²) in [5.41, 5.74) is -0.596. The molecule has 0 bridgehead atoms. The first-order valence-electron chi connectivity index (χ1n) is 4.59. The van der Waals surface area contributed by atoms with Gasteiger partial charge in [0.05, 0.1) is 0 Å². The molecule has 0 amide bonds. The maximum atomic E-state index is 13.4. The maximum absolute atomic E-state index is 13.4. The fourth-order valence-corrected chi connectivity index (χ4v) is 1.46. The van der Waals surface area contributed by atoms with Gasteiger partial charge in [-0.05, 0) is 29.8 Å². The lowest BCUT2D eigenvalue weighted by Gasteiger charge is -2.05. The third-order valence-electron chi connectivity index (χ3n) is 2.21. The van der Waals surface area contributed by atoms with Gasteiger partial charge in [0.2, 0.25) is 0 Å². The van der Waals surface area contributed by atoms with Gasteiger partial charge in [-0.3, -0.25) is 0 Å². The number of hydrogen-bond donors (Lipinski definition) is 0. The van der Waals surface area contributed by atoms with Crippen LogP contribution < -0.4 is 0 Å². The van der Waals surface area contributed by atoms with E-state index in [9.17, 15) is 22.0 Å². The van der Waals surface area contributed by atoms with Gasteiger partial charge >= 0.3 is 0 Å². The van der Waals surface area contributed by atoms with Gasteiger partial charge in [-0.2, -0.15) is 0 Å². The second-order valence-electron chi connectivity index (χ2n) is 3.38. The Bertz CT molecular complexity index is 557. The number of benzene rings is 2. The second-order valence-corrected chi connectivity index (χ2v) is 3.38. The van der Waals surface area contributed by atoms with Crippen molar-refractivity contribution in [2.45, 2.75) is 0 Å². The Hall–Kier alpha value is -1.91. The van der Waals surface area contributed by atoms with Crippen molar-refractivity contribution in [3.63, 3.8) is 0 Å². The normalized spacial score (nSPS) is 10.6. The van der Waals surface area contributed by atoms with Crippen LogP contribution in [-0.2, 0) is 0 Å². The molecular formula is C12H5F5. The zero-order chi connectivity index (χ0) is 12.6. The molecule has 17 heavy (non-hydrogen) atoms. The first-order chi connectivity index (χ1) is 7.99. The van der Waals surface area contributed by atoms with Crippen molar-refractivity contribution in [1.82, 2.24) is 0 Å². The van der Waals surface area contributed by atoms with Crippen molar-refractivity contribution in [3.05, 3.63) is 59.4 Å². The van der Waals surface area contributed by atoms with Gasteiger partial charge in [0.25, 0.3) is 0 Å². The van der Waals surface area contributed by atoms with E-state index in [0.29, 0.717) is 12.1 Å². The van der Waals surface area contributed by atoms with E-state index >= 15 is 0 Å². The summed E-state index contributed by atoms with van der Waals surface area (Å²) in [5, 5.41) is 0. The molecule has 0 N–H and O–H groups in total. The first-order valence-corrected chi connectivity index (χ1v) is 4.59. The fraction of sp³-hybridized carbons (Fsp3) is 0. The molecule has 0 aliphatic rings. The van der Waals surface area contributed by atoms with Gasteiger partial charge in [-0.1, -0.05) is 0 Å². The standard InChI is InChI=1S/C12H5F5/c13-7-3-6(4-8(14)5-7)9-1-2-10(15)12(17)11(9)16/h1-5H. The average Bonchev–Trinajstić information content (AvgIpc) is 2.24. The largest absolute Gasteiger partial charge is 0.207 e. The Balaban J connectivity index is 2.64. The molecule has 2 rings (SSSR count). The first kappa shape index (κ1) is 11.6. The third kappa shape index (κ3) is 2.13. The maximum Gasteiger partial charge on any atom is 0.195 e. The highest BCUT2D eigenvalue weighted by atomic mass is 19.2. The Morgan fingerprint density at radius 2 is 1.24 bits per heavy atom. The van der Waals surface area contributed by atoms with E-state index in [0.717, 1.165) is 18.2 Å². The van der Waals surface area contributed by atoms with Crippen LogP contribution in [0.25, 0.3) is 11.1 Å². The minimum Gasteiger partial charge on any atom is -0.207 e. The lowest BCUT2D eigenvalue weighted by atomic mass is 10.0. The van der Waals surface area contributed by atoms with Crippen LogP contribution in [0.1, 0.15) is 0 Å². The van der Waals surface area contributed by atoms with Gasteiger partial charge in [0, 0.05) is 11.6 Å². The topological polar surface area (TPSA) is 0 Å². The quantitative estimate of drug-likeness (QED) is 0.524. The molecule has 0 spiro atoms. The van der Waals surface area contributed by atoms with Gasteiger partial charge in [0.1, 0.15) is 11.6 Å². The molecule has 0 saturated heterocycles. The fourth-order valence-electron chi connectivity index (χ4n) is 1.46. The summed E-state index contributed by atoms with van der Waals surface area (Å²) in [6, 6.07) is 3.87. The molecule has 0 aliphatic carbocycles. The van der Waals surface area contributed by atoms with Crippen LogP contribution in [0.5, 0.6) is 0 Å². The van der Waals surface area contributed by atoms with Gasteiger partial charge in [-0.15, -0.1) is 0 Å². The highest BCUT2D eigenvalue weighted by Crippen LogP contribution is 2.27. The Kier molecular flexibility index (Phi) is 2.83. The second kappa shape index (κ2) is 4.16. The predicted octanol–water partition coefficient (Wildman–Crippen LogP) is 4.05. The molecule has 0 aliphatic heterocycles. The molecule has 0 heterocycles. The molecule has 0 nitrogen and oxygen atoms in total. The lowest BCUT2D eigenvalue weighted by molar-refractivity contribution is 0.449. The summed E-state index contributed by atoms with van der Waals surface area (Å²) in [5.74, 6) is -6.36. The zero-order valence-electron chi connectivity index (χ0n) is 8.28. The van der Waals surface area contributed by atoms with E-state index in [1.165, 1.54) is 0 Å². The molecule has 0 radical (unpaired) electrons. The van der Waals surface area contributed by atoms with Gasteiger partial charge in [-0.25, -0.2) is 22.0 Å². The highest BCUT2D eigenvalue weighted by molar-refractivity contribution is 5.64. The molecule has 0 atom stereocenters. The number of halogens is 5. The minimum atomic E-state index is -1.67. The molecule has 2 aromatic rings. The summed E-state index contributed by atoms with van der Waals surface area (Å²) in [4.78, 5) is 0. The Morgan fingerprint density at radius 3 is 1.82 bits per heavy atom. The predicted molar refractivity (Wildman–Crippen MR) is 51.7 cm³/mol. The molecule has 0 saturated carbocycles. The van der Waals surface area contributed by atoms with Crippen LogP contribution in [0.15, 0.2) is 30.3 Å². The Morgan fingerprint density at radius 1 is 0.647 bits per heavy atom. The van der Waals surface area contributed by atoms with Crippen molar-refractivity contribution in [3.8, 4) is 11.1 Å². The van der Waals surface area contributed by atoms with Crippen LogP contribution in [0, 0.1) is 29.1 Å². The van der Waals surface area contributed by atoms with Crippen molar-refractivity contribution in [1.29, 1.82) is 0 Å². The molecule has 0 unspecified atom stereocenters. The monoisotopic (exact) mass is 244 g/mol. The van der Waals surface area contributed by atoms with Crippen LogP contribution in [0.3, 0.4) is 0 Å². The van der Waals surface area contributed by atoms with Gasteiger partial charge in [0.15, 0.2) is 17.5 Å². The molecule has 0 aromatic heterocycles. The molecule has 0 fully saturated rings. The number of rotatable bonds is 1. The molecular weight excluding hydrogens is 239 g/mol. The smallest absolute Gasteiger partial charge is 0.195 e. The SMILES string of the molecule is Fc1cc(F)cc(-c2ccc(F)c(F)c2F)c1. The average molecular weight is 244 g/mol. The van der Waals surface area contributed by atoms with Crippen molar-refractivity contribution in [2.75, 3.05) is 0 Å². The summed E-state index contributed by atoms with van der Waals surface area (Å²) >= 11 is 0. The summed E-state index contributed by atoms with van der Waals surface area (Å²) in [6.45, 7) is 0. The van der Waals surface area contributed by atoms with Gasteiger partial charge < -0.3 is 0 Å². The Labute approximate surface area is 93.3 Å². The summed E-state index contributed by atoms with van der Waals surface area (Å²) in [6.07, 6.45) is 0. The summed E-state index contributed by atoms with van der Waals surface area (Å²) in [7, 11) is 0. The number of hydrogen-bond acceptors (Lipinski definition) is 0. The summed E-state index contributed by atoms with van der Waals surface area (Å²) < 4.78 is 64.8. The zero-order valence-corrected chi connectivity index (χ0v) is 8.28. The molecule has 2 aromatic carbocycles. The lowest BCUT2D eigenvalue weighted by Crippen LogP contribution is -1.94. The van der Waals surface area contributed by atoms with E-state index < -0.39 is 34.6 Å².